The Morgan fingerprint density at radius 1 is 1.44 bits per heavy atom. The van der Waals surface area contributed by atoms with E-state index >= 15 is 0 Å². The number of benzene rings is 1. The molecule has 0 saturated heterocycles. The van der Waals surface area contributed by atoms with E-state index in [1.807, 2.05) is 39.0 Å². The van der Waals surface area contributed by atoms with Gasteiger partial charge in [0.2, 0.25) is 5.91 Å². The Bertz CT molecular complexity index is 458. The smallest absolute Gasteiger partial charge is 0.239 e. The van der Waals surface area contributed by atoms with Gasteiger partial charge in [-0.1, -0.05) is 24.4 Å². The van der Waals surface area contributed by atoms with Gasteiger partial charge < -0.3 is 16.4 Å². The van der Waals surface area contributed by atoms with Crippen molar-refractivity contribution in [2.45, 2.75) is 26.8 Å². The second kappa shape index (κ2) is 6.35. The molecule has 0 bridgehead atoms. The Morgan fingerprint density at radius 2 is 2.11 bits per heavy atom. The molecule has 0 radical (unpaired) electrons. The van der Waals surface area contributed by atoms with Crippen molar-refractivity contribution in [3.05, 3.63) is 29.3 Å². The summed E-state index contributed by atoms with van der Waals surface area (Å²) in [6, 6.07) is 5.82. The number of para-hydroxylation sites is 1. The standard InChI is InChI=1S/C13H19N3OS/c1-8(2)16-11(17)7-15-12-9(3)5-4-6-10(12)13(14)18/h4-6,8,15H,7H2,1-3H3,(H2,14,18)(H,16,17). The maximum Gasteiger partial charge on any atom is 0.239 e. The maximum atomic E-state index is 11.6. The predicted molar refractivity (Wildman–Crippen MR) is 78.8 cm³/mol. The Kier molecular flexibility index (Phi) is 5.09. The number of carbonyl (C=O) groups excluding carboxylic acids is 1. The number of anilines is 1. The molecule has 0 aliphatic rings. The van der Waals surface area contributed by atoms with Crippen LogP contribution in [0.25, 0.3) is 0 Å². The lowest BCUT2D eigenvalue weighted by molar-refractivity contribution is -0.119. The number of nitrogens with two attached hydrogens (primary N) is 1. The van der Waals surface area contributed by atoms with Crippen LogP contribution in [0.15, 0.2) is 18.2 Å². The van der Waals surface area contributed by atoms with Crippen molar-refractivity contribution in [2.24, 2.45) is 5.73 Å². The van der Waals surface area contributed by atoms with E-state index < -0.39 is 0 Å². The number of amides is 1. The third-order valence-corrected chi connectivity index (χ3v) is 2.63. The highest BCUT2D eigenvalue weighted by atomic mass is 32.1. The van der Waals surface area contributed by atoms with Crippen molar-refractivity contribution < 1.29 is 4.79 Å². The zero-order chi connectivity index (χ0) is 13.7. The fourth-order valence-electron chi connectivity index (χ4n) is 1.65. The van der Waals surface area contributed by atoms with Gasteiger partial charge >= 0.3 is 0 Å². The lowest BCUT2D eigenvalue weighted by atomic mass is 10.1. The van der Waals surface area contributed by atoms with Crippen LogP contribution in [0, 0.1) is 6.92 Å². The average molecular weight is 265 g/mol. The number of thiocarbonyl (C=S) groups is 1. The normalized spacial score (nSPS) is 10.2. The van der Waals surface area contributed by atoms with Gasteiger partial charge in [0.05, 0.1) is 6.54 Å². The number of hydrogen-bond acceptors (Lipinski definition) is 3. The van der Waals surface area contributed by atoms with Crippen LogP contribution in [0.4, 0.5) is 5.69 Å². The quantitative estimate of drug-likeness (QED) is 0.707. The molecule has 0 aliphatic carbocycles. The summed E-state index contributed by atoms with van der Waals surface area (Å²) in [5.74, 6) is -0.0536. The first-order valence-corrected chi connectivity index (χ1v) is 6.25. The molecule has 5 heteroatoms. The van der Waals surface area contributed by atoms with Crippen LogP contribution in [-0.2, 0) is 4.79 Å². The van der Waals surface area contributed by atoms with E-state index in [0.29, 0.717) is 4.99 Å². The third kappa shape index (κ3) is 4.00. The summed E-state index contributed by atoms with van der Waals surface area (Å²) in [5.41, 5.74) is 8.26. The first kappa shape index (κ1) is 14.4. The third-order valence-electron chi connectivity index (χ3n) is 2.41. The first-order chi connectivity index (χ1) is 8.41. The van der Waals surface area contributed by atoms with E-state index in [9.17, 15) is 4.79 Å². The molecule has 1 rings (SSSR count). The van der Waals surface area contributed by atoms with Crippen LogP contribution in [0.1, 0.15) is 25.0 Å². The van der Waals surface area contributed by atoms with Gasteiger partial charge in [0.1, 0.15) is 4.99 Å². The van der Waals surface area contributed by atoms with E-state index in [4.69, 9.17) is 18.0 Å². The van der Waals surface area contributed by atoms with Gasteiger partial charge in [0.25, 0.3) is 0 Å². The van der Waals surface area contributed by atoms with E-state index in [1.165, 1.54) is 0 Å². The molecule has 4 N–H and O–H groups in total. The maximum absolute atomic E-state index is 11.6. The second-order valence-electron chi connectivity index (χ2n) is 4.44. The SMILES string of the molecule is Cc1cccc(C(N)=S)c1NCC(=O)NC(C)C. The predicted octanol–water partition coefficient (Wildman–Crippen LogP) is 1.57. The summed E-state index contributed by atoms with van der Waals surface area (Å²) >= 11 is 5.00. The largest absolute Gasteiger partial charge is 0.389 e. The fourth-order valence-corrected chi connectivity index (χ4v) is 1.82. The highest BCUT2D eigenvalue weighted by Gasteiger charge is 2.09. The number of aryl methyl sites for hydroxylation is 1. The van der Waals surface area contributed by atoms with Crippen LogP contribution in [0.2, 0.25) is 0 Å². The van der Waals surface area contributed by atoms with Gasteiger partial charge in [-0.05, 0) is 32.4 Å². The van der Waals surface area contributed by atoms with Crippen molar-refractivity contribution >= 4 is 28.8 Å². The van der Waals surface area contributed by atoms with Gasteiger partial charge in [-0.15, -0.1) is 0 Å². The molecule has 98 valence electrons. The molecule has 0 unspecified atom stereocenters. The molecule has 0 fully saturated rings. The monoisotopic (exact) mass is 265 g/mol. The lowest BCUT2D eigenvalue weighted by Crippen LogP contribution is -2.35. The van der Waals surface area contributed by atoms with Gasteiger partial charge in [0.15, 0.2) is 0 Å². The molecule has 1 aromatic carbocycles. The molecule has 18 heavy (non-hydrogen) atoms. The molecule has 4 nitrogen and oxygen atoms in total. The van der Waals surface area contributed by atoms with Crippen LogP contribution >= 0.6 is 12.2 Å². The number of rotatable bonds is 5. The molecule has 0 atom stereocenters. The molecule has 0 aliphatic heterocycles. The minimum Gasteiger partial charge on any atom is -0.389 e. The minimum atomic E-state index is -0.0536. The Morgan fingerprint density at radius 3 is 2.67 bits per heavy atom. The fraction of sp³-hybridized carbons (Fsp3) is 0.385. The zero-order valence-corrected chi connectivity index (χ0v) is 11.7. The van der Waals surface area contributed by atoms with Gasteiger partial charge in [-0.2, -0.15) is 0 Å². The summed E-state index contributed by atoms with van der Waals surface area (Å²) in [6.45, 7) is 6.00. The summed E-state index contributed by atoms with van der Waals surface area (Å²) in [6.07, 6.45) is 0. The average Bonchev–Trinajstić information content (AvgIpc) is 2.25. The zero-order valence-electron chi connectivity index (χ0n) is 10.9. The Hall–Kier alpha value is -1.62. The van der Waals surface area contributed by atoms with E-state index in [1.54, 1.807) is 0 Å². The number of hydrogen-bond donors (Lipinski definition) is 3. The number of nitrogens with one attached hydrogen (secondary N) is 2. The Balaban J connectivity index is 2.78. The molecule has 0 aromatic heterocycles. The molecular formula is C13H19N3OS. The van der Waals surface area contributed by atoms with Crippen LogP contribution < -0.4 is 16.4 Å². The number of carbonyl (C=O) groups is 1. The molecule has 0 spiro atoms. The second-order valence-corrected chi connectivity index (χ2v) is 4.88. The van der Waals surface area contributed by atoms with Gasteiger partial charge in [0, 0.05) is 17.3 Å². The molecule has 1 aromatic rings. The van der Waals surface area contributed by atoms with Crippen molar-refractivity contribution in [3.8, 4) is 0 Å². The van der Waals surface area contributed by atoms with Gasteiger partial charge in [-0.3, -0.25) is 4.79 Å². The molecule has 0 heterocycles. The van der Waals surface area contributed by atoms with Crippen LogP contribution in [0.3, 0.4) is 0 Å². The summed E-state index contributed by atoms with van der Waals surface area (Å²) < 4.78 is 0. The Labute approximate surface area is 113 Å². The van der Waals surface area contributed by atoms with Gasteiger partial charge in [-0.25, -0.2) is 0 Å². The highest BCUT2D eigenvalue weighted by molar-refractivity contribution is 7.80. The van der Waals surface area contributed by atoms with E-state index in [0.717, 1.165) is 16.8 Å². The lowest BCUT2D eigenvalue weighted by Gasteiger charge is -2.15. The van der Waals surface area contributed by atoms with E-state index in [-0.39, 0.29) is 18.5 Å². The summed E-state index contributed by atoms with van der Waals surface area (Å²) in [7, 11) is 0. The van der Waals surface area contributed by atoms with Crippen molar-refractivity contribution in [2.75, 3.05) is 11.9 Å². The summed E-state index contributed by atoms with van der Waals surface area (Å²) in [5, 5.41) is 5.90. The van der Waals surface area contributed by atoms with Crippen molar-refractivity contribution in [3.63, 3.8) is 0 Å². The minimum absolute atomic E-state index is 0.0536. The van der Waals surface area contributed by atoms with Crippen molar-refractivity contribution in [1.29, 1.82) is 0 Å². The topological polar surface area (TPSA) is 67.1 Å². The first-order valence-electron chi connectivity index (χ1n) is 5.84. The van der Waals surface area contributed by atoms with Crippen LogP contribution in [-0.4, -0.2) is 23.5 Å². The highest BCUT2D eigenvalue weighted by Crippen LogP contribution is 2.20. The van der Waals surface area contributed by atoms with Crippen molar-refractivity contribution in [1.82, 2.24) is 5.32 Å². The molecular weight excluding hydrogens is 246 g/mol. The van der Waals surface area contributed by atoms with Crippen LogP contribution in [0.5, 0.6) is 0 Å². The molecule has 0 saturated carbocycles. The molecule has 1 amide bonds. The van der Waals surface area contributed by atoms with E-state index in [2.05, 4.69) is 10.6 Å². The summed E-state index contributed by atoms with van der Waals surface area (Å²) in [4.78, 5) is 11.9.